The van der Waals surface area contributed by atoms with Gasteiger partial charge in [0.25, 0.3) is 5.69 Å². The van der Waals surface area contributed by atoms with E-state index in [1.165, 1.54) is 12.1 Å². The maximum absolute atomic E-state index is 12.6. The van der Waals surface area contributed by atoms with Crippen molar-refractivity contribution in [1.29, 1.82) is 0 Å². The van der Waals surface area contributed by atoms with Gasteiger partial charge in [-0.2, -0.15) is 0 Å². The molecule has 0 N–H and O–H groups in total. The lowest BCUT2D eigenvalue weighted by Gasteiger charge is -2.41. The maximum atomic E-state index is 12.6. The standard InChI is InChI=1S/C16H21N3O4/c1-11-14(20)18(10-9-17(11)15(21)16(2,3)4)12-5-7-13(8-6-12)19(22)23/h5-8,11H,9-10H2,1-4H3/t11-/m0/s1. The van der Waals surface area contributed by atoms with Gasteiger partial charge < -0.3 is 9.80 Å². The lowest BCUT2D eigenvalue weighted by Crippen LogP contribution is -2.59. The normalized spacial score (nSPS) is 19.0. The van der Waals surface area contributed by atoms with Gasteiger partial charge in [0.15, 0.2) is 0 Å². The van der Waals surface area contributed by atoms with Crippen LogP contribution in [-0.4, -0.2) is 40.8 Å². The highest BCUT2D eigenvalue weighted by Gasteiger charge is 2.38. The van der Waals surface area contributed by atoms with Gasteiger partial charge in [-0.05, 0) is 19.1 Å². The van der Waals surface area contributed by atoms with Crippen LogP contribution in [0.25, 0.3) is 0 Å². The first-order valence-corrected chi connectivity index (χ1v) is 7.50. The van der Waals surface area contributed by atoms with Crippen LogP contribution < -0.4 is 4.90 Å². The van der Waals surface area contributed by atoms with E-state index in [9.17, 15) is 19.7 Å². The Labute approximate surface area is 135 Å². The molecule has 7 heteroatoms. The molecule has 1 aromatic carbocycles. The van der Waals surface area contributed by atoms with E-state index in [2.05, 4.69) is 0 Å². The molecule has 1 saturated heterocycles. The van der Waals surface area contributed by atoms with Gasteiger partial charge in [0.05, 0.1) is 4.92 Å². The number of nitro groups is 1. The summed E-state index contributed by atoms with van der Waals surface area (Å²) in [5.41, 5.74) is 0.0514. The number of benzene rings is 1. The second-order valence-electron chi connectivity index (χ2n) is 6.69. The molecule has 0 aromatic heterocycles. The van der Waals surface area contributed by atoms with Crippen molar-refractivity contribution >= 4 is 23.2 Å². The minimum atomic E-state index is -0.550. The molecule has 0 spiro atoms. The third-order valence-electron chi connectivity index (χ3n) is 3.93. The van der Waals surface area contributed by atoms with Crippen LogP contribution in [0.15, 0.2) is 24.3 Å². The second-order valence-corrected chi connectivity index (χ2v) is 6.69. The summed E-state index contributed by atoms with van der Waals surface area (Å²) in [5, 5.41) is 10.7. The number of piperazine rings is 1. The number of amides is 2. The highest BCUT2D eigenvalue weighted by molar-refractivity contribution is 6.00. The molecule has 0 bridgehead atoms. The van der Waals surface area contributed by atoms with Crippen molar-refractivity contribution in [2.75, 3.05) is 18.0 Å². The summed E-state index contributed by atoms with van der Waals surface area (Å²) in [6.07, 6.45) is 0. The van der Waals surface area contributed by atoms with Gasteiger partial charge in [-0.1, -0.05) is 20.8 Å². The van der Waals surface area contributed by atoms with Crippen LogP contribution in [0.4, 0.5) is 11.4 Å². The van der Waals surface area contributed by atoms with Crippen LogP contribution in [0.5, 0.6) is 0 Å². The number of carbonyl (C=O) groups excluding carboxylic acids is 2. The predicted molar refractivity (Wildman–Crippen MR) is 86.1 cm³/mol. The summed E-state index contributed by atoms with van der Waals surface area (Å²) in [4.78, 5) is 38.4. The molecular formula is C16H21N3O4. The molecule has 0 saturated carbocycles. The van der Waals surface area contributed by atoms with Gasteiger partial charge in [-0.15, -0.1) is 0 Å². The van der Waals surface area contributed by atoms with Gasteiger partial charge in [0.1, 0.15) is 6.04 Å². The molecule has 0 radical (unpaired) electrons. The molecular weight excluding hydrogens is 298 g/mol. The lowest BCUT2D eigenvalue weighted by molar-refractivity contribution is -0.384. The Bertz CT molecular complexity index is 634. The van der Waals surface area contributed by atoms with E-state index in [-0.39, 0.29) is 17.5 Å². The third-order valence-corrected chi connectivity index (χ3v) is 3.93. The monoisotopic (exact) mass is 319 g/mol. The fraction of sp³-hybridized carbons (Fsp3) is 0.500. The number of non-ortho nitro benzene ring substituents is 1. The second kappa shape index (κ2) is 5.98. The zero-order chi connectivity index (χ0) is 17.4. The average Bonchev–Trinajstić information content (AvgIpc) is 2.48. The largest absolute Gasteiger partial charge is 0.329 e. The Morgan fingerprint density at radius 3 is 2.26 bits per heavy atom. The summed E-state index contributed by atoms with van der Waals surface area (Å²) < 4.78 is 0. The van der Waals surface area contributed by atoms with Crippen LogP contribution in [0, 0.1) is 15.5 Å². The number of nitrogens with zero attached hydrogens (tertiary/aromatic N) is 3. The number of anilines is 1. The molecule has 2 rings (SSSR count). The first-order valence-electron chi connectivity index (χ1n) is 7.50. The predicted octanol–water partition coefficient (Wildman–Crippen LogP) is 2.20. The van der Waals surface area contributed by atoms with E-state index >= 15 is 0 Å². The highest BCUT2D eigenvalue weighted by Crippen LogP contribution is 2.26. The van der Waals surface area contributed by atoms with Gasteiger partial charge in [-0.3, -0.25) is 19.7 Å². The smallest absolute Gasteiger partial charge is 0.269 e. The van der Waals surface area contributed by atoms with Crippen molar-refractivity contribution in [2.24, 2.45) is 5.41 Å². The molecule has 1 fully saturated rings. The molecule has 124 valence electrons. The van der Waals surface area contributed by atoms with Crippen LogP contribution in [0.1, 0.15) is 27.7 Å². The molecule has 1 aliphatic heterocycles. The van der Waals surface area contributed by atoms with Gasteiger partial charge >= 0.3 is 0 Å². The van der Waals surface area contributed by atoms with Gasteiger partial charge in [0.2, 0.25) is 11.8 Å². The van der Waals surface area contributed by atoms with Crippen molar-refractivity contribution in [1.82, 2.24) is 4.90 Å². The van der Waals surface area contributed by atoms with Crippen molar-refractivity contribution in [2.45, 2.75) is 33.7 Å². The number of rotatable bonds is 2. The topological polar surface area (TPSA) is 83.8 Å². The average molecular weight is 319 g/mol. The molecule has 23 heavy (non-hydrogen) atoms. The number of hydrogen-bond acceptors (Lipinski definition) is 4. The molecule has 1 aliphatic rings. The lowest BCUT2D eigenvalue weighted by atomic mass is 9.93. The minimum Gasteiger partial charge on any atom is -0.329 e. The SMILES string of the molecule is C[C@H]1C(=O)N(c2ccc([N+](=O)[O-])cc2)CCN1C(=O)C(C)(C)C. The Morgan fingerprint density at radius 1 is 1.22 bits per heavy atom. The number of nitro benzene ring substituents is 1. The Balaban J connectivity index is 2.18. The zero-order valence-corrected chi connectivity index (χ0v) is 13.8. The Morgan fingerprint density at radius 2 is 1.78 bits per heavy atom. The van der Waals surface area contributed by atoms with E-state index in [0.717, 1.165) is 0 Å². The Hall–Kier alpha value is -2.44. The fourth-order valence-corrected chi connectivity index (χ4v) is 2.59. The van der Waals surface area contributed by atoms with E-state index in [1.807, 2.05) is 20.8 Å². The number of carbonyl (C=O) groups is 2. The van der Waals surface area contributed by atoms with Crippen LogP contribution in [0.2, 0.25) is 0 Å². The van der Waals surface area contributed by atoms with Crippen LogP contribution in [0.3, 0.4) is 0 Å². The summed E-state index contributed by atoms with van der Waals surface area (Å²) in [7, 11) is 0. The summed E-state index contributed by atoms with van der Waals surface area (Å²) in [6, 6.07) is 5.32. The molecule has 0 unspecified atom stereocenters. The van der Waals surface area contributed by atoms with E-state index in [1.54, 1.807) is 28.9 Å². The minimum absolute atomic E-state index is 0.0178. The van der Waals surface area contributed by atoms with Crippen molar-refractivity contribution in [3.05, 3.63) is 34.4 Å². The van der Waals surface area contributed by atoms with E-state index < -0.39 is 16.4 Å². The van der Waals surface area contributed by atoms with Crippen LogP contribution in [-0.2, 0) is 9.59 Å². The zero-order valence-electron chi connectivity index (χ0n) is 13.8. The van der Waals surface area contributed by atoms with Crippen molar-refractivity contribution < 1.29 is 14.5 Å². The first kappa shape index (κ1) is 16.9. The molecule has 0 aliphatic carbocycles. The van der Waals surface area contributed by atoms with Crippen LogP contribution >= 0.6 is 0 Å². The fourth-order valence-electron chi connectivity index (χ4n) is 2.59. The summed E-state index contributed by atoms with van der Waals surface area (Å²) in [6.45, 7) is 8.02. The molecule has 2 amide bonds. The van der Waals surface area contributed by atoms with Crippen molar-refractivity contribution in [3.8, 4) is 0 Å². The third kappa shape index (κ3) is 3.33. The van der Waals surface area contributed by atoms with Crippen molar-refractivity contribution in [3.63, 3.8) is 0 Å². The van der Waals surface area contributed by atoms with E-state index in [4.69, 9.17) is 0 Å². The quantitative estimate of drug-likeness (QED) is 0.618. The highest BCUT2D eigenvalue weighted by atomic mass is 16.6. The van der Waals surface area contributed by atoms with Gasteiger partial charge in [0, 0.05) is 36.3 Å². The molecule has 1 heterocycles. The first-order chi connectivity index (χ1) is 10.6. The maximum Gasteiger partial charge on any atom is 0.269 e. The Kier molecular flexibility index (Phi) is 4.40. The van der Waals surface area contributed by atoms with E-state index in [0.29, 0.717) is 18.8 Å². The molecule has 1 atom stereocenters. The molecule has 7 nitrogen and oxygen atoms in total. The summed E-state index contributed by atoms with van der Waals surface area (Å²) >= 11 is 0. The summed E-state index contributed by atoms with van der Waals surface area (Å²) in [5.74, 6) is -0.232. The number of hydrogen-bond donors (Lipinski definition) is 0. The van der Waals surface area contributed by atoms with Gasteiger partial charge in [-0.25, -0.2) is 0 Å². The molecule has 1 aromatic rings.